The third kappa shape index (κ3) is 9.83. The lowest BCUT2D eigenvalue weighted by Crippen LogP contribution is -2.59. The van der Waals surface area contributed by atoms with Gasteiger partial charge in [-0.3, -0.25) is 19.1 Å². The maximum absolute atomic E-state index is 14.9. The molecule has 7 atom stereocenters. The van der Waals surface area contributed by atoms with Crippen molar-refractivity contribution >= 4 is 44.6 Å². The van der Waals surface area contributed by atoms with Gasteiger partial charge in [0.25, 0.3) is 11.8 Å². The first kappa shape index (κ1) is 45.8. The molecule has 18 heteroatoms. The molecule has 3 heterocycles. The number of pyridine rings is 1. The van der Waals surface area contributed by atoms with Crippen LogP contribution in [0.2, 0.25) is 0 Å². The van der Waals surface area contributed by atoms with Crippen LogP contribution in [0.5, 0.6) is 17.5 Å². The number of halogens is 2. The highest BCUT2D eigenvalue weighted by atomic mass is 32.2. The average Bonchev–Trinajstić information content (AvgIpc) is 4.04. The molecule has 61 heavy (non-hydrogen) atoms. The second-order valence-corrected chi connectivity index (χ2v) is 20.6. The van der Waals surface area contributed by atoms with Crippen molar-refractivity contribution in [3.8, 4) is 17.5 Å². The summed E-state index contributed by atoms with van der Waals surface area (Å²) in [6.07, 6.45) is 3.81. The number of methoxy groups -OCH3 is 1. The van der Waals surface area contributed by atoms with Crippen molar-refractivity contribution < 1.29 is 55.3 Å². The van der Waals surface area contributed by atoms with E-state index in [0.717, 1.165) is 13.8 Å². The number of amides is 4. The fourth-order valence-electron chi connectivity index (χ4n) is 7.93. The number of benzene rings is 1. The number of alkyl carbamates (subject to hydrolysis) is 1. The lowest BCUT2D eigenvalue weighted by atomic mass is 9.88. The van der Waals surface area contributed by atoms with Gasteiger partial charge in [0, 0.05) is 30.7 Å². The molecule has 1 aromatic heterocycles. The molecule has 0 unspecified atom stereocenters. The number of nitrogens with zero attached hydrogens (tertiary/aromatic N) is 2. The number of rotatable bonds is 11. The minimum absolute atomic E-state index is 0.00882. The molecule has 2 aliphatic carbocycles. The molecule has 2 aromatic rings. The number of allylic oxidation sites excluding steroid dienone is 1. The molecule has 6 rings (SSSR count). The molecule has 4 aliphatic rings. The van der Waals surface area contributed by atoms with Gasteiger partial charge in [-0.2, -0.15) is 4.98 Å². The molecule has 4 amide bonds. The van der Waals surface area contributed by atoms with Crippen LogP contribution in [0.4, 0.5) is 13.6 Å². The number of hydrogen-bond donors (Lipinski definition) is 3. The van der Waals surface area contributed by atoms with Crippen LogP contribution in [-0.2, 0) is 29.1 Å². The number of carbonyl (C=O) groups is 4. The summed E-state index contributed by atoms with van der Waals surface area (Å²) in [6, 6.07) is 4.39. The number of aromatic nitrogens is 1. The molecule has 0 bridgehead atoms. The lowest BCUT2D eigenvalue weighted by molar-refractivity contribution is -0.152. The van der Waals surface area contributed by atoms with Gasteiger partial charge in [-0.1, -0.05) is 26.0 Å². The Morgan fingerprint density at radius 3 is 2.43 bits per heavy atom. The van der Waals surface area contributed by atoms with Crippen molar-refractivity contribution in [2.24, 2.45) is 17.8 Å². The number of carbonyl (C=O) groups excluding carboxylic acids is 4. The largest absolute Gasteiger partial charge is 0.497 e. The first-order chi connectivity index (χ1) is 28.4. The van der Waals surface area contributed by atoms with E-state index in [9.17, 15) is 36.4 Å². The first-order valence-corrected chi connectivity index (χ1v) is 22.4. The highest BCUT2D eigenvalue weighted by molar-refractivity contribution is 7.91. The first-order valence-electron chi connectivity index (χ1n) is 20.9. The number of hydrogen-bond acceptors (Lipinski definition) is 11. The molecular weight excluding hydrogens is 817 g/mol. The Bertz CT molecular complexity index is 2170. The van der Waals surface area contributed by atoms with E-state index in [-0.39, 0.29) is 43.2 Å². The van der Waals surface area contributed by atoms with Gasteiger partial charge in [-0.05, 0) is 109 Å². The SMILES string of the molecule is COc1ccc2c(O[C@@H]3C[C@H]4C(=O)N[C@]5(C(=O)NS(=O)(=O)C6(C)CC6)C[C@H]5/C=C\CC[C@H](C)C[C@@H](C)[C@H](NC(=O)OC(C)(C)C(C)(F)F)C(=O)N4C3)nc(OC(C)C)cc2c1. The van der Waals surface area contributed by atoms with Crippen LogP contribution in [0.15, 0.2) is 36.4 Å². The Morgan fingerprint density at radius 2 is 1.79 bits per heavy atom. The maximum Gasteiger partial charge on any atom is 0.408 e. The van der Waals surface area contributed by atoms with Gasteiger partial charge in [-0.25, -0.2) is 22.0 Å². The molecule has 1 aromatic carbocycles. The number of nitrogens with one attached hydrogen (secondary N) is 3. The summed E-state index contributed by atoms with van der Waals surface area (Å²) < 4.78 is 79.7. The van der Waals surface area contributed by atoms with Crippen molar-refractivity contribution in [2.75, 3.05) is 13.7 Å². The van der Waals surface area contributed by atoms with E-state index < -0.39 is 85.7 Å². The monoisotopic (exact) mass is 875 g/mol. The van der Waals surface area contributed by atoms with Gasteiger partial charge in [0.1, 0.15) is 29.5 Å². The number of fused-ring (bicyclic) bond motifs is 3. The predicted octanol–water partition coefficient (Wildman–Crippen LogP) is 5.79. The van der Waals surface area contributed by atoms with Crippen molar-refractivity contribution in [3.05, 3.63) is 36.4 Å². The Kier molecular flexibility index (Phi) is 12.6. The zero-order chi connectivity index (χ0) is 44.9. The minimum Gasteiger partial charge on any atom is -0.497 e. The summed E-state index contributed by atoms with van der Waals surface area (Å²) in [4.78, 5) is 62.9. The van der Waals surface area contributed by atoms with Crippen LogP contribution < -0.4 is 29.6 Å². The van der Waals surface area contributed by atoms with Gasteiger partial charge in [-0.15, -0.1) is 0 Å². The van der Waals surface area contributed by atoms with Crippen LogP contribution in [0, 0.1) is 17.8 Å². The molecule has 0 radical (unpaired) electrons. The fourth-order valence-corrected chi connectivity index (χ4v) is 9.24. The third-order valence-corrected chi connectivity index (χ3v) is 14.7. The van der Waals surface area contributed by atoms with Crippen LogP contribution in [-0.4, -0.2) is 102 Å². The summed E-state index contributed by atoms with van der Waals surface area (Å²) in [5.41, 5.74) is -3.86. The third-order valence-electron chi connectivity index (χ3n) is 12.5. The van der Waals surface area contributed by atoms with Gasteiger partial charge < -0.3 is 34.5 Å². The number of ether oxygens (including phenoxy) is 4. The smallest absolute Gasteiger partial charge is 0.408 e. The van der Waals surface area contributed by atoms with Crippen molar-refractivity contribution in [3.63, 3.8) is 0 Å². The van der Waals surface area contributed by atoms with Crippen molar-refractivity contribution in [2.45, 2.75) is 146 Å². The predicted molar refractivity (Wildman–Crippen MR) is 222 cm³/mol. The summed E-state index contributed by atoms with van der Waals surface area (Å²) in [5, 5.41) is 6.67. The topological polar surface area (TPSA) is 192 Å². The standard InChI is InChI=1S/C43H59F2N5O10S/c1-24(2)58-33-20-27-19-29(57-9)14-15-31(27)36(46-33)59-30-21-32-35(51)48-43(38(53)49-61(55,56)41(7)16-17-41)22-28(43)13-11-10-12-25(3)18-26(4)34(37(52)50(32)23-30)47-39(54)60-40(5,6)42(8,44)45/h11,13-15,19-20,24-26,28,30,32,34H,10,12,16-18,21-23H2,1-9H3,(H,47,54)(H,48,51)(H,49,53)/b13-11-/t25-,26+,28+,30+,32-,34-,43+/m0/s1. The average molecular weight is 876 g/mol. The minimum atomic E-state index is -4.07. The maximum atomic E-state index is 14.9. The molecule has 2 aliphatic heterocycles. The zero-order valence-corrected chi connectivity index (χ0v) is 37.1. The molecule has 1 saturated heterocycles. The lowest BCUT2D eigenvalue weighted by Gasteiger charge is -2.35. The molecule has 3 N–H and O–H groups in total. The fraction of sp³-hybridized carbons (Fsp3) is 0.651. The highest BCUT2D eigenvalue weighted by Crippen LogP contribution is 2.48. The second kappa shape index (κ2) is 16.9. The molecular formula is C43H59F2N5O10S. The van der Waals surface area contributed by atoms with Crippen LogP contribution in [0.3, 0.4) is 0 Å². The number of sulfonamides is 1. The van der Waals surface area contributed by atoms with E-state index in [2.05, 4.69) is 20.3 Å². The Morgan fingerprint density at radius 1 is 1.08 bits per heavy atom. The molecule has 0 spiro atoms. The Hall–Kier alpha value is -4.74. The van der Waals surface area contributed by atoms with Crippen molar-refractivity contribution in [1.82, 2.24) is 25.2 Å². The molecule has 3 fully saturated rings. The van der Waals surface area contributed by atoms with E-state index >= 15 is 0 Å². The van der Waals surface area contributed by atoms with Crippen LogP contribution >= 0.6 is 0 Å². The zero-order valence-electron chi connectivity index (χ0n) is 36.3. The quantitative estimate of drug-likeness (QED) is 0.232. The Labute approximate surface area is 356 Å². The van der Waals surface area contributed by atoms with Gasteiger partial charge in [0.15, 0.2) is 5.60 Å². The normalized spacial score (nSPS) is 28.6. The van der Waals surface area contributed by atoms with Crippen LogP contribution in [0.25, 0.3) is 10.8 Å². The van der Waals surface area contributed by atoms with E-state index in [1.54, 1.807) is 38.1 Å². The summed E-state index contributed by atoms with van der Waals surface area (Å²) in [5.74, 6) is -5.85. The second-order valence-electron chi connectivity index (χ2n) is 18.4. The van der Waals surface area contributed by atoms with Gasteiger partial charge >= 0.3 is 6.09 Å². The van der Waals surface area contributed by atoms with E-state index in [0.29, 0.717) is 55.5 Å². The van der Waals surface area contributed by atoms with Gasteiger partial charge in [0.2, 0.25) is 33.6 Å². The summed E-state index contributed by atoms with van der Waals surface area (Å²) in [6.45, 7) is 11.5. The van der Waals surface area contributed by atoms with Gasteiger partial charge in [0.05, 0.1) is 24.5 Å². The van der Waals surface area contributed by atoms with E-state index in [1.807, 2.05) is 32.9 Å². The van der Waals surface area contributed by atoms with E-state index in [4.69, 9.17) is 18.9 Å². The summed E-state index contributed by atoms with van der Waals surface area (Å²) in [7, 11) is -2.53. The molecule has 336 valence electrons. The number of alkyl halides is 2. The summed E-state index contributed by atoms with van der Waals surface area (Å²) >= 11 is 0. The highest BCUT2D eigenvalue weighted by Gasteiger charge is 2.63. The van der Waals surface area contributed by atoms with Crippen LogP contribution in [0.1, 0.15) is 100 Å². The Balaban J connectivity index is 1.38. The van der Waals surface area contributed by atoms with Crippen molar-refractivity contribution in [1.29, 1.82) is 0 Å². The molecule has 2 saturated carbocycles. The molecule has 15 nitrogen and oxygen atoms in total. The van der Waals surface area contributed by atoms with E-state index in [1.165, 1.54) is 12.0 Å².